The molecule has 1 atom stereocenters. The average molecular weight is 406 g/mol. The molecule has 1 unspecified atom stereocenters. The number of amides is 1. The summed E-state index contributed by atoms with van der Waals surface area (Å²) in [7, 11) is 0. The van der Waals surface area contributed by atoms with Gasteiger partial charge in [-0.15, -0.1) is 0 Å². The number of nitrogens with zero attached hydrogens (tertiary/aromatic N) is 1. The number of carbonyl (C=O) groups excluding carboxylic acids is 2. The lowest BCUT2D eigenvalue weighted by Crippen LogP contribution is -2.55. The third-order valence-electron chi connectivity index (χ3n) is 5.93. The first-order valence-electron chi connectivity index (χ1n) is 9.64. The molecule has 1 aliphatic heterocycles. The van der Waals surface area contributed by atoms with Gasteiger partial charge in [-0.25, -0.2) is 0 Å². The molecule has 0 bridgehead atoms. The smallest absolute Gasteiger partial charge is 0.223 e. The molecular weight excluding hydrogens is 378 g/mol. The Labute approximate surface area is 159 Å². The van der Waals surface area contributed by atoms with Crippen molar-refractivity contribution in [2.45, 2.75) is 69.2 Å². The van der Waals surface area contributed by atoms with Crippen molar-refractivity contribution in [3.05, 3.63) is 35.4 Å². The largest absolute Gasteiger partial charge is 0.332 e. The van der Waals surface area contributed by atoms with E-state index >= 15 is 0 Å². The Morgan fingerprint density at radius 1 is 1.16 bits per heavy atom. The lowest BCUT2D eigenvalue weighted by atomic mass is 9.69. The van der Waals surface area contributed by atoms with E-state index in [0.717, 1.165) is 62.1 Å². The summed E-state index contributed by atoms with van der Waals surface area (Å²) < 4.78 is 0. The lowest BCUT2D eigenvalue weighted by Gasteiger charge is -2.52. The van der Waals surface area contributed by atoms with Crippen molar-refractivity contribution in [2.24, 2.45) is 0 Å². The van der Waals surface area contributed by atoms with E-state index in [0.29, 0.717) is 13.0 Å². The number of carbonyl (C=O) groups is 2. The van der Waals surface area contributed by atoms with Gasteiger partial charge in [-0.3, -0.25) is 4.79 Å². The van der Waals surface area contributed by atoms with Crippen molar-refractivity contribution in [1.29, 1.82) is 0 Å². The molecule has 3 nitrogen and oxygen atoms in total. The van der Waals surface area contributed by atoms with Gasteiger partial charge in [0.1, 0.15) is 6.29 Å². The summed E-state index contributed by atoms with van der Waals surface area (Å²) in [6, 6.07) is 8.31. The van der Waals surface area contributed by atoms with Crippen LogP contribution in [0.3, 0.4) is 0 Å². The van der Waals surface area contributed by atoms with E-state index in [1.165, 1.54) is 12.0 Å². The van der Waals surface area contributed by atoms with Gasteiger partial charge < -0.3 is 9.69 Å². The number of hydrogen-bond donors (Lipinski definition) is 0. The highest BCUT2D eigenvalue weighted by molar-refractivity contribution is 9.09. The quantitative estimate of drug-likeness (QED) is 0.382. The van der Waals surface area contributed by atoms with Crippen molar-refractivity contribution in [2.75, 3.05) is 11.9 Å². The average Bonchev–Trinajstić information content (AvgIpc) is 2.66. The summed E-state index contributed by atoms with van der Waals surface area (Å²) in [6.07, 6.45) is 10.4. The van der Waals surface area contributed by atoms with Gasteiger partial charge in [-0.05, 0) is 36.8 Å². The Morgan fingerprint density at radius 2 is 1.92 bits per heavy atom. The van der Waals surface area contributed by atoms with Gasteiger partial charge in [-0.1, -0.05) is 65.9 Å². The van der Waals surface area contributed by atoms with Crippen LogP contribution >= 0.6 is 15.9 Å². The molecule has 1 saturated carbocycles. The van der Waals surface area contributed by atoms with Crippen molar-refractivity contribution in [3.8, 4) is 0 Å². The second-order valence-corrected chi connectivity index (χ2v) is 8.22. The maximum Gasteiger partial charge on any atom is 0.223 e. The Balaban J connectivity index is 1.90. The highest BCUT2D eigenvalue weighted by atomic mass is 79.9. The molecule has 2 aliphatic rings. The molecule has 136 valence electrons. The van der Waals surface area contributed by atoms with Crippen LogP contribution in [-0.2, 0) is 15.1 Å². The van der Waals surface area contributed by atoms with Crippen molar-refractivity contribution < 1.29 is 9.59 Å². The number of alkyl halides is 1. The number of aldehydes is 1. The van der Waals surface area contributed by atoms with E-state index in [4.69, 9.17) is 0 Å². The zero-order valence-electron chi connectivity index (χ0n) is 14.9. The fourth-order valence-corrected chi connectivity index (χ4v) is 5.07. The minimum atomic E-state index is -0.185. The molecule has 0 N–H and O–H groups in total. The summed E-state index contributed by atoms with van der Waals surface area (Å²) >= 11 is 3.45. The van der Waals surface area contributed by atoms with Crippen LogP contribution in [0, 0.1) is 0 Å². The van der Waals surface area contributed by atoms with Crippen LogP contribution in [0.2, 0.25) is 0 Å². The number of halogens is 1. The number of fused-ring (bicyclic) bond motifs is 2. The number of rotatable bonds is 6. The van der Waals surface area contributed by atoms with Crippen LogP contribution in [0.1, 0.15) is 74.8 Å². The zero-order valence-corrected chi connectivity index (χ0v) is 16.5. The predicted octanol–water partition coefficient (Wildman–Crippen LogP) is 4.93. The van der Waals surface area contributed by atoms with Gasteiger partial charge >= 0.3 is 0 Å². The first-order valence-corrected chi connectivity index (χ1v) is 10.8. The Morgan fingerprint density at radius 3 is 2.64 bits per heavy atom. The van der Waals surface area contributed by atoms with Gasteiger partial charge in [0.2, 0.25) is 5.91 Å². The molecule has 1 heterocycles. The molecule has 1 aliphatic carbocycles. The van der Waals surface area contributed by atoms with Gasteiger partial charge in [-0.2, -0.15) is 0 Å². The maximum atomic E-state index is 13.1. The first kappa shape index (κ1) is 18.6. The first-order chi connectivity index (χ1) is 12.2. The molecule has 1 amide bonds. The normalized spacial score (nSPS) is 21.8. The van der Waals surface area contributed by atoms with Crippen LogP contribution in [0.25, 0.3) is 0 Å². The Bertz CT molecular complexity index is 610. The molecule has 0 aromatic heterocycles. The summed E-state index contributed by atoms with van der Waals surface area (Å²) in [5.41, 5.74) is 2.19. The highest BCUT2D eigenvalue weighted by Gasteiger charge is 2.47. The molecule has 0 saturated heterocycles. The van der Waals surface area contributed by atoms with E-state index in [9.17, 15) is 9.59 Å². The van der Waals surface area contributed by atoms with E-state index in [-0.39, 0.29) is 17.4 Å². The Hall–Kier alpha value is -1.16. The summed E-state index contributed by atoms with van der Waals surface area (Å²) in [5.74, 6) is 0.0491. The fourth-order valence-electron chi connectivity index (χ4n) is 4.67. The van der Waals surface area contributed by atoms with E-state index < -0.39 is 0 Å². The van der Waals surface area contributed by atoms with Crippen LogP contribution in [0.15, 0.2) is 24.3 Å². The Kier molecular flexibility index (Phi) is 6.32. The number of unbranched alkanes of at least 4 members (excludes halogenated alkanes) is 2. The fraction of sp³-hybridized carbons (Fsp3) is 0.619. The SMILES string of the molecule is O=CC1CN(C(=O)CCCCCBr)C2(CCCCC2)c2ccccc21. The number of benzene rings is 1. The molecule has 1 aromatic rings. The van der Waals surface area contributed by atoms with Crippen molar-refractivity contribution in [1.82, 2.24) is 4.90 Å². The molecule has 1 aromatic carbocycles. The molecule has 4 heteroatoms. The van der Waals surface area contributed by atoms with Crippen molar-refractivity contribution in [3.63, 3.8) is 0 Å². The van der Waals surface area contributed by atoms with Crippen molar-refractivity contribution >= 4 is 28.1 Å². The van der Waals surface area contributed by atoms with Crippen LogP contribution in [0.5, 0.6) is 0 Å². The standard InChI is InChI=1S/C21H28BrNO2/c22-14-8-1-3-11-20(25)23-15-17(16-24)18-9-4-5-10-19(18)21(23)12-6-2-7-13-21/h4-5,9-10,16-17H,1-3,6-8,11-15H2. The summed E-state index contributed by atoms with van der Waals surface area (Å²) in [4.78, 5) is 26.9. The third kappa shape index (κ3) is 3.69. The predicted molar refractivity (Wildman–Crippen MR) is 104 cm³/mol. The van der Waals surface area contributed by atoms with E-state index in [1.54, 1.807) is 0 Å². The molecule has 3 rings (SSSR count). The minimum absolute atomic E-state index is 0.180. The monoisotopic (exact) mass is 405 g/mol. The molecule has 1 spiro atoms. The van der Waals surface area contributed by atoms with Crippen LogP contribution < -0.4 is 0 Å². The zero-order chi connectivity index (χ0) is 17.7. The summed E-state index contributed by atoms with van der Waals surface area (Å²) in [5, 5.41) is 0.995. The van der Waals surface area contributed by atoms with Crippen LogP contribution in [-0.4, -0.2) is 29.0 Å². The van der Waals surface area contributed by atoms with Gasteiger partial charge in [0.25, 0.3) is 0 Å². The molecule has 0 radical (unpaired) electrons. The van der Waals surface area contributed by atoms with E-state index in [1.807, 2.05) is 6.07 Å². The maximum absolute atomic E-state index is 13.1. The second kappa shape index (κ2) is 8.48. The lowest BCUT2D eigenvalue weighted by molar-refractivity contribution is -0.142. The number of hydrogen-bond acceptors (Lipinski definition) is 2. The van der Waals surface area contributed by atoms with Gasteiger partial charge in [0.05, 0.1) is 11.5 Å². The van der Waals surface area contributed by atoms with Crippen LogP contribution in [0.4, 0.5) is 0 Å². The van der Waals surface area contributed by atoms with Gasteiger partial charge in [0.15, 0.2) is 0 Å². The third-order valence-corrected chi connectivity index (χ3v) is 6.49. The second-order valence-electron chi connectivity index (χ2n) is 7.43. The highest BCUT2D eigenvalue weighted by Crippen LogP contribution is 2.48. The van der Waals surface area contributed by atoms with E-state index in [2.05, 4.69) is 39.0 Å². The summed E-state index contributed by atoms with van der Waals surface area (Å²) in [6.45, 7) is 0.553. The molecule has 25 heavy (non-hydrogen) atoms. The minimum Gasteiger partial charge on any atom is -0.332 e. The topological polar surface area (TPSA) is 37.4 Å². The molecule has 1 fully saturated rings. The van der Waals surface area contributed by atoms with Gasteiger partial charge in [0, 0.05) is 18.3 Å². The molecular formula is C21H28BrNO2.